The molecule has 0 aliphatic heterocycles. The van der Waals surface area contributed by atoms with Crippen LogP contribution in [0.25, 0.3) is 0 Å². The van der Waals surface area contributed by atoms with Crippen LogP contribution in [0.4, 0.5) is 4.39 Å². The van der Waals surface area contributed by atoms with Crippen LogP contribution in [0.3, 0.4) is 0 Å². The summed E-state index contributed by atoms with van der Waals surface area (Å²) in [6.07, 6.45) is 1.50. The first-order valence-electron chi connectivity index (χ1n) is 4.81. The molecule has 6 heteroatoms. The molecule has 2 aromatic heterocycles. The molecule has 88 valence electrons. The Labute approximate surface area is 101 Å². The second-order valence-electron chi connectivity index (χ2n) is 3.28. The Balaban J connectivity index is 2.32. The van der Waals surface area contributed by atoms with Crippen LogP contribution >= 0.6 is 11.3 Å². The van der Waals surface area contributed by atoms with Crippen molar-refractivity contribution in [3.63, 3.8) is 0 Å². The minimum atomic E-state index is -0.795. The molecule has 0 aliphatic carbocycles. The summed E-state index contributed by atoms with van der Waals surface area (Å²) in [7, 11) is 1.18. The zero-order valence-electron chi connectivity index (χ0n) is 9.01. The van der Waals surface area contributed by atoms with Gasteiger partial charge >= 0.3 is 5.97 Å². The number of hydrogen-bond donors (Lipinski definition) is 0. The largest absolute Gasteiger partial charge is 0.464 e. The number of methoxy groups -OCH3 is 1. The van der Waals surface area contributed by atoms with Crippen molar-refractivity contribution in [1.82, 2.24) is 9.97 Å². The van der Waals surface area contributed by atoms with Gasteiger partial charge in [-0.05, 0) is 22.4 Å². The lowest BCUT2D eigenvalue weighted by Crippen LogP contribution is -2.11. The molecule has 2 heterocycles. The van der Waals surface area contributed by atoms with Crippen LogP contribution in [-0.2, 0) is 11.2 Å². The fourth-order valence-corrected chi connectivity index (χ4v) is 2.02. The van der Waals surface area contributed by atoms with Gasteiger partial charge in [0.15, 0.2) is 11.5 Å². The summed E-state index contributed by atoms with van der Waals surface area (Å²) in [5, 5.41) is 3.80. The van der Waals surface area contributed by atoms with Gasteiger partial charge in [0.05, 0.1) is 12.8 Å². The Morgan fingerprint density at radius 1 is 1.53 bits per heavy atom. The highest BCUT2D eigenvalue weighted by molar-refractivity contribution is 7.07. The molecule has 0 bridgehead atoms. The number of carbonyl (C=O) groups excluding carboxylic acids is 1. The quantitative estimate of drug-likeness (QED) is 0.784. The highest BCUT2D eigenvalue weighted by Crippen LogP contribution is 2.15. The topological polar surface area (TPSA) is 52.1 Å². The lowest BCUT2D eigenvalue weighted by Gasteiger charge is -2.04. The summed E-state index contributed by atoms with van der Waals surface area (Å²) in [5.41, 5.74) is 0.815. The van der Waals surface area contributed by atoms with Crippen LogP contribution < -0.4 is 0 Å². The molecule has 17 heavy (non-hydrogen) atoms. The normalized spacial score (nSPS) is 10.2. The van der Waals surface area contributed by atoms with E-state index in [4.69, 9.17) is 0 Å². The smallest absolute Gasteiger partial charge is 0.359 e. The van der Waals surface area contributed by atoms with Crippen LogP contribution in [0, 0.1) is 5.82 Å². The third-order valence-corrected chi connectivity index (χ3v) is 2.92. The van der Waals surface area contributed by atoms with E-state index in [2.05, 4.69) is 14.7 Å². The van der Waals surface area contributed by atoms with Crippen LogP contribution in [0.5, 0.6) is 0 Å². The fraction of sp³-hybridized carbons (Fsp3) is 0.182. The molecule has 0 aliphatic rings. The Morgan fingerprint density at radius 3 is 3.00 bits per heavy atom. The van der Waals surface area contributed by atoms with Crippen molar-refractivity contribution in [1.29, 1.82) is 0 Å². The SMILES string of the molecule is COC(=O)c1ncnc(Cc2ccsc2)c1F. The Bertz CT molecular complexity index is 528. The molecular formula is C11H9FN2O2S. The van der Waals surface area contributed by atoms with E-state index in [1.807, 2.05) is 16.8 Å². The standard InChI is InChI=1S/C11H9FN2O2S/c1-16-11(15)10-9(12)8(13-6-14-10)4-7-2-3-17-5-7/h2-3,5-6H,4H2,1H3. The molecule has 0 radical (unpaired) electrons. The maximum absolute atomic E-state index is 13.9. The minimum absolute atomic E-state index is 0.193. The van der Waals surface area contributed by atoms with Crippen molar-refractivity contribution in [2.45, 2.75) is 6.42 Å². The van der Waals surface area contributed by atoms with Crippen molar-refractivity contribution in [2.75, 3.05) is 7.11 Å². The van der Waals surface area contributed by atoms with Crippen molar-refractivity contribution in [3.05, 3.63) is 45.9 Å². The predicted octanol–water partition coefficient (Wildman–Crippen LogP) is 2.05. The first kappa shape index (κ1) is 11.7. The number of esters is 1. The van der Waals surface area contributed by atoms with Crippen molar-refractivity contribution in [3.8, 4) is 0 Å². The third-order valence-electron chi connectivity index (χ3n) is 2.19. The van der Waals surface area contributed by atoms with E-state index in [1.54, 1.807) is 0 Å². The van der Waals surface area contributed by atoms with E-state index < -0.39 is 11.8 Å². The third kappa shape index (κ3) is 2.47. The van der Waals surface area contributed by atoms with Gasteiger partial charge < -0.3 is 4.74 Å². The average Bonchev–Trinajstić information content (AvgIpc) is 2.84. The molecule has 0 fully saturated rings. The van der Waals surface area contributed by atoms with Gasteiger partial charge in [0.2, 0.25) is 0 Å². The molecule has 0 spiro atoms. The van der Waals surface area contributed by atoms with E-state index in [0.29, 0.717) is 6.42 Å². The number of halogens is 1. The summed E-state index contributed by atoms with van der Waals surface area (Å²) < 4.78 is 18.3. The van der Waals surface area contributed by atoms with Gasteiger partial charge in [-0.2, -0.15) is 11.3 Å². The summed E-state index contributed by atoms with van der Waals surface area (Å²) in [6.45, 7) is 0. The Hall–Kier alpha value is -1.82. The molecule has 0 unspecified atom stereocenters. The first-order valence-corrected chi connectivity index (χ1v) is 5.75. The van der Waals surface area contributed by atoms with Crippen molar-refractivity contribution >= 4 is 17.3 Å². The number of rotatable bonds is 3. The van der Waals surface area contributed by atoms with Crippen LogP contribution in [0.1, 0.15) is 21.7 Å². The molecule has 2 rings (SSSR count). The molecule has 2 aromatic rings. The van der Waals surface area contributed by atoms with Gasteiger partial charge in [0.25, 0.3) is 0 Å². The lowest BCUT2D eigenvalue weighted by molar-refractivity contribution is 0.0587. The minimum Gasteiger partial charge on any atom is -0.464 e. The molecule has 0 N–H and O–H groups in total. The number of carbonyl (C=O) groups is 1. The average molecular weight is 252 g/mol. The monoisotopic (exact) mass is 252 g/mol. The highest BCUT2D eigenvalue weighted by Gasteiger charge is 2.18. The Kier molecular flexibility index (Phi) is 3.43. The first-order chi connectivity index (χ1) is 8.22. The summed E-state index contributed by atoms with van der Waals surface area (Å²) >= 11 is 1.52. The van der Waals surface area contributed by atoms with E-state index in [0.717, 1.165) is 11.9 Å². The highest BCUT2D eigenvalue weighted by atomic mass is 32.1. The zero-order chi connectivity index (χ0) is 12.3. The summed E-state index contributed by atoms with van der Waals surface area (Å²) in [4.78, 5) is 18.7. The lowest BCUT2D eigenvalue weighted by atomic mass is 10.1. The molecular weight excluding hydrogens is 243 g/mol. The molecule has 0 amide bonds. The van der Waals surface area contributed by atoms with Gasteiger partial charge in [-0.3, -0.25) is 0 Å². The van der Waals surface area contributed by atoms with E-state index >= 15 is 0 Å². The zero-order valence-corrected chi connectivity index (χ0v) is 9.83. The second-order valence-corrected chi connectivity index (χ2v) is 4.06. The maximum Gasteiger partial charge on any atom is 0.359 e. The maximum atomic E-state index is 13.9. The summed E-state index contributed by atoms with van der Waals surface area (Å²) in [5.74, 6) is -1.51. The predicted molar refractivity (Wildman–Crippen MR) is 60.5 cm³/mol. The number of nitrogens with zero attached hydrogens (tertiary/aromatic N) is 2. The van der Waals surface area contributed by atoms with Crippen LogP contribution in [-0.4, -0.2) is 23.0 Å². The second kappa shape index (κ2) is 5.01. The van der Waals surface area contributed by atoms with Gasteiger partial charge in [-0.25, -0.2) is 19.2 Å². The van der Waals surface area contributed by atoms with Gasteiger partial charge in [-0.15, -0.1) is 0 Å². The van der Waals surface area contributed by atoms with Gasteiger partial charge in [0.1, 0.15) is 6.33 Å². The van der Waals surface area contributed by atoms with Crippen molar-refractivity contribution in [2.24, 2.45) is 0 Å². The Morgan fingerprint density at radius 2 is 2.35 bits per heavy atom. The van der Waals surface area contributed by atoms with E-state index in [1.165, 1.54) is 18.4 Å². The summed E-state index contributed by atoms with van der Waals surface area (Å²) in [6, 6.07) is 1.88. The van der Waals surface area contributed by atoms with E-state index in [9.17, 15) is 9.18 Å². The van der Waals surface area contributed by atoms with Crippen molar-refractivity contribution < 1.29 is 13.9 Å². The molecule has 4 nitrogen and oxygen atoms in total. The van der Waals surface area contributed by atoms with Crippen LogP contribution in [0.2, 0.25) is 0 Å². The van der Waals surface area contributed by atoms with E-state index in [-0.39, 0.29) is 11.4 Å². The molecule has 0 aromatic carbocycles. The number of aromatic nitrogens is 2. The molecule has 0 saturated carbocycles. The van der Waals surface area contributed by atoms with Gasteiger partial charge in [-0.1, -0.05) is 0 Å². The molecule has 0 atom stereocenters. The fourth-order valence-electron chi connectivity index (χ4n) is 1.36. The number of hydrogen-bond acceptors (Lipinski definition) is 5. The number of ether oxygens (including phenoxy) is 1. The van der Waals surface area contributed by atoms with Gasteiger partial charge in [0, 0.05) is 6.42 Å². The van der Waals surface area contributed by atoms with Crippen LogP contribution in [0.15, 0.2) is 23.2 Å². The number of thiophene rings is 1. The molecule has 0 saturated heterocycles.